The van der Waals surface area contributed by atoms with Crippen molar-refractivity contribution >= 4 is 7.82 Å². The first-order valence-electron chi connectivity index (χ1n) is 6.18. The highest BCUT2D eigenvalue weighted by molar-refractivity contribution is 7.48. The number of phosphoric acid groups is 1. The Bertz CT molecular complexity index is 322. The normalized spacial score (nSPS) is 25.7. The van der Waals surface area contributed by atoms with E-state index in [1.807, 2.05) is 32.8 Å². The average molecular weight is 297 g/mol. The SMILES string of the molecule is CO[P@@](=O)(OCCN(C)C)OC[C@@H]1COC(C)(C)O1. The van der Waals surface area contributed by atoms with Gasteiger partial charge in [-0.2, -0.15) is 0 Å². The Hall–Kier alpha value is -0.0100. The summed E-state index contributed by atoms with van der Waals surface area (Å²) in [4.78, 5) is 1.91. The molecule has 0 spiro atoms. The molecule has 0 aromatic rings. The van der Waals surface area contributed by atoms with Gasteiger partial charge in [0, 0.05) is 13.7 Å². The molecule has 1 heterocycles. The molecule has 7 nitrogen and oxygen atoms in total. The van der Waals surface area contributed by atoms with Crippen LogP contribution < -0.4 is 0 Å². The lowest BCUT2D eigenvalue weighted by Gasteiger charge is -2.20. The van der Waals surface area contributed by atoms with Gasteiger partial charge < -0.3 is 14.4 Å². The van der Waals surface area contributed by atoms with Crippen LogP contribution in [0.25, 0.3) is 0 Å². The smallest absolute Gasteiger partial charge is 0.348 e. The highest BCUT2D eigenvalue weighted by Gasteiger charge is 2.35. The van der Waals surface area contributed by atoms with Crippen LogP contribution in [-0.4, -0.2) is 64.4 Å². The highest BCUT2D eigenvalue weighted by Crippen LogP contribution is 2.48. The lowest BCUT2D eigenvalue weighted by atomic mass is 10.4. The van der Waals surface area contributed by atoms with Crippen LogP contribution in [0.2, 0.25) is 0 Å². The van der Waals surface area contributed by atoms with Crippen molar-refractivity contribution in [3.8, 4) is 0 Å². The van der Waals surface area contributed by atoms with Gasteiger partial charge in [0.1, 0.15) is 6.10 Å². The molecule has 1 rings (SSSR count). The summed E-state index contributed by atoms with van der Waals surface area (Å²) in [7, 11) is 1.58. The van der Waals surface area contributed by atoms with E-state index in [0.29, 0.717) is 13.2 Å². The van der Waals surface area contributed by atoms with E-state index in [2.05, 4.69) is 0 Å². The molecule has 0 aromatic carbocycles. The van der Waals surface area contributed by atoms with E-state index in [1.165, 1.54) is 7.11 Å². The van der Waals surface area contributed by atoms with Crippen molar-refractivity contribution in [1.29, 1.82) is 0 Å². The molecular weight excluding hydrogens is 273 g/mol. The molecule has 0 N–H and O–H groups in total. The molecule has 19 heavy (non-hydrogen) atoms. The van der Waals surface area contributed by atoms with Gasteiger partial charge in [0.2, 0.25) is 0 Å². The van der Waals surface area contributed by atoms with Crippen molar-refractivity contribution < 1.29 is 27.6 Å². The molecular formula is C11H24NO6P. The summed E-state index contributed by atoms with van der Waals surface area (Å²) in [6, 6.07) is 0. The lowest BCUT2D eigenvalue weighted by molar-refractivity contribution is -0.142. The molecule has 0 saturated carbocycles. The third-order valence-electron chi connectivity index (χ3n) is 2.50. The van der Waals surface area contributed by atoms with E-state index >= 15 is 0 Å². The Balaban J connectivity index is 2.33. The van der Waals surface area contributed by atoms with E-state index < -0.39 is 13.6 Å². The van der Waals surface area contributed by atoms with Gasteiger partial charge >= 0.3 is 7.82 Å². The molecule has 0 aromatic heterocycles. The van der Waals surface area contributed by atoms with Crippen LogP contribution in [0.1, 0.15) is 13.8 Å². The molecule has 0 aliphatic carbocycles. The monoisotopic (exact) mass is 297 g/mol. The first-order chi connectivity index (χ1) is 8.76. The van der Waals surface area contributed by atoms with E-state index in [-0.39, 0.29) is 19.3 Å². The molecule has 1 fully saturated rings. The van der Waals surface area contributed by atoms with Gasteiger partial charge in [0.25, 0.3) is 0 Å². The number of rotatable bonds is 8. The van der Waals surface area contributed by atoms with Gasteiger partial charge in [-0.3, -0.25) is 13.6 Å². The highest BCUT2D eigenvalue weighted by atomic mass is 31.2. The number of nitrogens with zero attached hydrogens (tertiary/aromatic N) is 1. The second-order valence-corrected chi connectivity index (χ2v) is 6.79. The second kappa shape index (κ2) is 7.13. The Morgan fingerprint density at radius 3 is 2.53 bits per heavy atom. The van der Waals surface area contributed by atoms with Gasteiger partial charge in [-0.1, -0.05) is 0 Å². The zero-order chi connectivity index (χ0) is 14.5. The number of hydrogen-bond acceptors (Lipinski definition) is 7. The number of ether oxygens (including phenoxy) is 2. The lowest BCUT2D eigenvalue weighted by Crippen LogP contribution is -2.24. The summed E-state index contributed by atoms with van der Waals surface area (Å²) in [5.74, 6) is -0.628. The Morgan fingerprint density at radius 1 is 1.37 bits per heavy atom. The maximum Gasteiger partial charge on any atom is 0.474 e. The van der Waals surface area contributed by atoms with Crippen LogP contribution in [0.4, 0.5) is 0 Å². The number of phosphoric ester groups is 1. The zero-order valence-electron chi connectivity index (χ0n) is 12.2. The molecule has 1 saturated heterocycles. The molecule has 0 amide bonds. The summed E-state index contributed by atoms with van der Waals surface area (Å²) in [5, 5.41) is 0. The maximum absolute atomic E-state index is 12.1. The summed E-state index contributed by atoms with van der Waals surface area (Å²) in [6.07, 6.45) is -0.268. The van der Waals surface area contributed by atoms with E-state index in [1.54, 1.807) is 0 Å². The fraction of sp³-hybridized carbons (Fsp3) is 1.00. The van der Waals surface area contributed by atoms with Crippen LogP contribution in [-0.2, 0) is 27.6 Å². The molecule has 2 atom stereocenters. The summed E-state index contributed by atoms with van der Waals surface area (Å²) in [5.41, 5.74) is 0. The fourth-order valence-corrected chi connectivity index (χ4v) is 2.44. The molecule has 0 bridgehead atoms. The zero-order valence-corrected chi connectivity index (χ0v) is 13.1. The van der Waals surface area contributed by atoms with Gasteiger partial charge in [-0.15, -0.1) is 0 Å². The van der Waals surface area contributed by atoms with Crippen LogP contribution >= 0.6 is 7.82 Å². The Morgan fingerprint density at radius 2 is 2.05 bits per heavy atom. The van der Waals surface area contributed by atoms with Crippen molar-refractivity contribution in [3.63, 3.8) is 0 Å². The topological polar surface area (TPSA) is 66.5 Å². The first kappa shape index (κ1) is 17.0. The number of likely N-dealkylation sites (N-methyl/N-ethyl adjacent to an activating group) is 1. The molecule has 0 radical (unpaired) electrons. The summed E-state index contributed by atoms with van der Waals surface area (Å²) in [6.45, 7) is 5.04. The maximum atomic E-state index is 12.1. The quantitative estimate of drug-likeness (QED) is 0.629. The van der Waals surface area contributed by atoms with Gasteiger partial charge in [0.15, 0.2) is 5.79 Å². The standard InChI is InChI=1S/C11H24NO6P/c1-11(2)15-8-10(18-11)9-17-19(13,14-5)16-7-6-12(3)4/h10H,6-9H2,1-5H3/t10-,19-/m0/s1. The third kappa shape index (κ3) is 6.31. The minimum Gasteiger partial charge on any atom is -0.348 e. The van der Waals surface area contributed by atoms with Crippen molar-refractivity contribution in [1.82, 2.24) is 4.90 Å². The molecule has 8 heteroatoms. The summed E-state index contributed by atoms with van der Waals surface area (Å²) >= 11 is 0. The fourth-order valence-electron chi connectivity index (χ4n) is 1.50. The molecule has 1 aliphatic heterocycles. The predicted molar refractivity (Wildman–Crippen MR) is 70.0 cm³/mol. The van der Waals surface area contributed by atoms with Crippen LogP contribution in [0.3, 0.4) is 0 Å². The minimum absolute atomic E-state index is 0.108. The third-order valence-corrected chi connectivity index (χ3v) is 3.91. The minimum atomic E-state index is -3.51. The van der Waals surface area contributed by atoms with Crippen molar-refractivity contribution in [2.24, 2.45) is 0 Å². The Labute approximate surface area is 114 Å². The number of hydrogen-bond donors (Lipinski definition) is 0. The second-order valence-electron chi connectivity index (χ2n) is 5.01. The van der Waals surface area contributed by atoms with E-state index in [0.717, 1.165) is 0 Å². The van der Waals surface area contributed by atoms with Gasteiger partial charge in [-0.25, -0.2) is 4.57 Å². The largest absolute Gasteiger partial charge is 0.474 e. The van der Waals surface area contributed by atoms with Crippen LogP contribution in [0.5, 0.6) is 0 Å². The van der Waals surface area contributed by atoms with Gasteiger partial charge in [0.05, 0.1) is 19.8 Å². The molecule has 114 valence electrons. The average Bonchev–Trinajstić information content (AvgIpc) is 2.66. The summed E-state index contributed by atoms with van der Waals surface area (Å²) < 4.78 is 38.3. The van der Waals surface area contributed by atoms with Crippen molar-refractivity contribution in [2.45, 2.75) is 25.7 Å². The van der Waals surface area contributed by atoms with E-state index in [4.69, 9.17) is 23.0 Å². The van der Waals surface area contributed by atoms with Crippen molar-refractivity contribution in [2.75, 3.05) is 47.6 Å². The predicted octanol–water partition coefficient (Wildman–Crippen LogP) is 1.49. The van der Waals surface area contributed by atoms with Gasteiger partial charge in [-0.05, 0) is 27.9 Å². The van der Waals surface area contributed by atoms with Crippen LogP contribution in [0, 0.1) is 0 Å². The first-order valence-corrected chi connectivity index (χ1v) is 7.64. The Kier molecular flexibility index (Phi) is 6.39. The molecule has 0 unspecified atom stereocenters. The van der Waals surface area contributed by atoms with Crippen molar-refractivity contribution in [3.05, 3.63) is 0 Å². The molecule has 1 aliphatic rings. The van der Waals surface area contributed by atoms with Crippen LogP contribution in [0.15, 0.2) is 0 Å². The van der Waals surface area contributed by atoms with E-state index in [9.17, 15) is 4.57 Å².